The van der Waals surface area contributed by atoms with Crippen molar-refractivity contribution in [3.05, 3.63) is 76.5 Å². The van der Waals surface area contributed by atoms with E-state index in [1.54, 1.807) is 6.07 Å². The largest absolute Gasteiger partial charge is 0.465 e. The van der Waals surface area contributed by atoms with Crippen LogP contribution in [0.2, 0.25) is 0 Å². The first-order valence-corrected chi connectivity index (χ1v) is 10.1. The number of nitrogens with one attached hydrogen (secondary N) is 2. The SMILES string of the molecule is COC(=O)c1ccccc1NC1CCN/C(=C(/C)N)c2ccc(C3=CCN=C3)cc21. The van der Waals surface area contributed by atoms with Gasteiger partial charge in [-0.1, -0.05) is 30.3 Å². The maximum atomic E-state index is 12.2. The zero-order chi connectivity index (χ0) is 21.1. The maximum Gasteiger partial charge on any atom is 0.339 e. The number of aliphatic imine (C=N–C) groups is 1. The molecule has 2 aromatic carbocycles. The highest BCUT2D eigenvalue weighted by Crippen LogP contribution is 2.35. The quantitative estimate of drug-likeness (QED) is 0.678. The molecule has 30 heavy (non-hydrogen) atoms. The number of fused-ring (bicyclic) bond motifs is 1. The highest BCUT2D eigenvalue weighted by Gasteiger charge is 2.24. The van der Waals surface area contributed by atoms with Crippen molar-refractivity contribution < 1.29 is 9.53 Å². The lowest BCUT2D eigenvalue weighted by molar-refractivity contribution is 0.0602. The number of esters is 1. The average Bonchev–Trinajstić information content (AvgIpc) is 3.24. The van der Waals surface area contributed by atoms with E-state index in [-0.39, 0.29) is 12.0 Å². The van der Waals surface area contributed by atoms with Gasteiger partial charge in [0, 0.05) is 29.7 Å². The molecule has 2 aliphatic heterocycles. The van der Waals surface area contributed by atoms with E-state index < -0.39 is 0 Å². The zero-order valence-electron chi connectivity index (χ0n) is 17.2. The molecule has 2 heterocycles. The first-order chi connectivity index (χ1) is 14.6. The minimum atomic E-state index is -0.357. The molecule has 1 atom stereocenters. The minimum absolute atomic E-state index is 0.00551. The Morgan fingerprint density at radius 1 is 1.27 bits per heavy atom. The third-order valence-corrected chi connectivity index (χ3v) is 5.47. The number of benzene rings is 2. The molecule has 0 radical (unpaired) electrons. The van der Waals surface area contributed by atoms with Gasteiger partial charge in [-0.2, -0.15) is 0 Å². The molecule has 0 saturated heterocycles. The van der Waals surface area contributed by atoms with Gasteiger partial charge >= 0.3 is 5.97 Å². The number of ether oxygens (including phenoxy) is 1. The van der Waals surface area contributed by atoms with E-state index in [9.17, 15) is 4.79 Å². The number of allylic oxidation sites excluding steroid dienone is 2. The molecule has 0 aliphatic carbocycles. The van der Waals surface area contributed by atoms with Crippen LogP contribution in [0.1, 0.15) is 46.4 Å². The van der Waals surface area contributed by atoms with Gasteiger partial charge in [0.25, 0.3) is 0 Å². The van der Waals surface area contributed by atoms with Gasteiger partial charge in [0.15, 0.2) is 0 Å². The fourth-order valence-corrected chi connectivity index (χ4v) is 3.98. The second-order valence-electron chi connectivity index (χ2n) is 7.46. The van der Waals surface area contributed by atoms with E-state index >= 15 is 0 Å². The number of anilines is 1. The molecule has 154 valence electrons. The maximum absolute atomic E-state index is 12.2. The van der Waals surface area contributed by atoms with Crippen molar-refractivity contribution in [1.82, 2.24) is 5.32 Å². The highest BCUT2D eigenvalue weighted by molar-refractivity contribution is 6.11. The molecule has 4 N–H and O–H groups in total. The normalized spacial score (nSPS) is 19.3. The summed E-state index contributed by atoms with van der Waals surface area (Å²) in [7, 11) is 1.40. The monoisotopic (exact) mass is 402 g/mol. The Labute approximate surface area is 176 Å². The number of carbonyl (C=O) groups excluding carboxylic acids is 1. The zero-order valence-corrected chi connectivity index (χ0v) is 17.2. The van der Waals surface area contributed by atoms with E-state index in [1.807, 2.05) is 31.3 Å². The first kappa shape index (κ1) is 19.8. The smallest absolute Gasteiger partial charge is 0.339 e. The molecule has 0 aromatic heterocycles. The van der Waals surface area contributed by atoms with Gasteiger partial charge in [-0.25, -0.2) is 4.79 Å². The van der Waals surface area contributed by atoms with Crippen LogP contribution in [0.3, 0.4) is 0 Å². The molecule has 2 aliphatic rings. The van der Waals surface area contributed by atoms with Crippen molar-refractivity contribution in [3.63, 3.8) is 0 Å². The standard InChI is InChI=1S/C24H26N4O2/c1-15(25)23-18-8-7-16(17-9-11-26-14-17)13-20(18)22(10-12-27-23)28-21-6-4-3-5-19(21)24(29)30-2/h3-9,13-14,22,27-28H,10-12,25H2,1-2H3/b23-15-. The summed E-state index contributed by atoms with van der Waals surface area (Å²) in [6, 6.07) is 13.8. The predicted molar refractivity (Wildman–Crippen MR) is 121 cm³/mol. The van der Waals surface area contributed by atoms with Gasteiger partial charge in [-0.15, -0.1) is 0 Å². The number of rotatable bonds is 4. The molecular formula is C24H26N4O2. The summed E-state index contributed by atoms with van der Waals surface area (Å²) in [5, 5.41) is 7.05. The lowest BCUT2D eigenvalue weighted by Gasteiger charge is -2.22. The van der Waals surface area contributed by atoms with E-state index in [0.717, 1.165) is 58.9 Å². The Morgan fingerprint density at radius 3 is 2.83 bits per heavy atom. The number of nitrogens with two attached hydrogens (primary N) is 1. The van der Waals surface area contributed by atoms with Crippen LogP contribution in [0.25, 0.3) is 11.3 Å². The summed E-state index contributed by atoms with van der Waals surface area (Å²) < 4.78 is 4.96. The molecule has 4 rings (SSSR count). The molecule has 0 amide bonds. The summed E-state index contributed by atoms with van der Waals surface area (Å²) in [6.07, 6.45) is 4.86. The Hall–Kier alpha value is -3.54. The summed E-state index contributed by atoms with van der Waals surface area (Å²) in [6.45, 7) is 3.39. The van der Waals surface area contributed by atoms with Crippen LogP contribution in [0.4, 0.5) is 5.69 Å². The van der Waals surface area contributed by atoms with Crippen molar-refractivity contribution in [2.75, 3.05) is 25.5 Å². The number of nitrogens with zero attached hydrogens (tertiary/aromatic N) is 1. The molecule has 0 saturated carbocycles. The average molecular weight is 402 g/mol. The Bertz CT molecular complexity index is 1060. The Balaban J connectivity index is 1.79. The summed E-state index contributed by atoms with van der Waals surface area (Å²) in [5.74, 6) is -0.357. The van der Waals surface area contributed by atoms with Gasteiger partial charge in [-0.05, 0) is 48.2 Å². The second kappa shape index (κ2) is 8.45. The summed E-state index contributed by atoms with van der Waals surface area (Å²) in [5.41, 5.74) is 13.6. The van der Waals surface area contributed by atoms with Crippen molar-refractivity contribution >= 4 is 29.1 Å². The fourth-order valence-electron chi connectivity index (χ4n) is 3.98. The summed E-state index contributed by atoms with van der Waals surface area (Å²) >= 11 is 0. The Kier molecular flexibility index (Phi) is 5.57. The van der Waals surface area contributed by atoms with Crippen molar-refractivity contribution in [3.8, 4) is 0 Å². The second-order valence-corrected chi connectivity index (χ2v) is 7.46. The predicted octanol–water partition coefficient (Wildman–Crippen LogP) is 3.73. The number of hydrogen-bond donors (Lipinski definition) is 3. The van der Waals surface area contributed by atoms with Crippen LogP contribution >= 0.6 is 0 Å². The number of para-hydroxylation sites is 1. The third kappa shape index (κ3) is 3.81. The lowest BCUT2D eigenvalue weighted by Crippen LogP contribution is -2.17. The fraction of sp³-hybridized carbons (Fsp3) is 0.250. The van der Waals surface area contributed by atoms with Gasteiger partial charge in [0.1, 0.15) is 0 Å². The molecule has 6 heteroatoms. The van der Waals surface area contributed by atoms with Gasteiger partial charge < -0.3 is 21.1 Å². The molecule has 0 fully saturated rings. The van der Waals surface area contributed by atoms with E-state index in [4.69, 9.17) is 10.5 Å². The van der Waals surface area contributed by atoms with E-state index in [2.05, 4.69) is 39.9 Å². The van der Waals surface area contributed by atoms with Gasteiger partial charge in [0.2, 0.25) is 0 Å². The van der Waals surface area contributed by atoms with Gasteiger partial charge in [-0.3, -0.25) is 4.99 Å². The third-order valence-electron chi connectivity index (χ3n) is 5.47. The molecule has 6 nitrogen and oxygen atoms in total. The van der Waals surface area contributed by atoms with E-state index in [0.29, 0.717) is 5.56 Å². The van der Waals surface area contributed by atoms with Crippen LogP contribution in [-0.2, 0) is 4.74 Å². The van der Waals surface area contributed by atoms with Crippen LogP contribution in [0, 0.1) is 0 Å². The van der Waals surface area contributed by atoms with Gasteiger partial charge in [0.05, 0.1) is 31.0 Å². The van der Waals surface area contributed by atoms with Crippen molar-refractivity contribution in [2.45, 2.75) is 19.4 Å². The van der Waals surface area contributed by atoms with Crippen LogP contribution in [-0.4, -0.2) is 32.4 Å². The number of hydrogen-bond acceptors (Lipinski definition) is 6. The lowest BCUT2D eigenvalue weighted by atomic mass is 9.92. The van der Waals surface area contributed by atoms with E-state index in [1.165, 1.54) is 7.11 Å². The number of carbonyl (C=O) groups is 1. The first-order valence-electron chi connectivity index (χ1n) is 10.1. The van der Waals surface area contributed by atoms with Crippen LogP contribution < -0.4 is 16.4 Å². The number of methoxy groups -OCH3 is 1. The van der Waals surface area contributed by atoms with Crippen molar-refractivity contribution in [1.29, 1.82) is 0 Å². The molecule has 2 aromatic rings. The van der Waals surface area contributed by atoms with Crippen LogP contribution in [0.5, 0.6) is 0 Å². The molecule has 1 unspecified atom stereocenters. The summed E-state index contributed by atoms with van der Waals surface area (Å²) in [4.78, 5) is 16.6. The van der Waals surface area contributed by atoms with Crippen LogP contribution in [0.15, 0.2) is 59.2 Å². The molecule has 0 spiro atoms. The highest BCUT2D eigenvalue weighted by atomic mass is 16.5. The van der Waals surface area contributed by atoms with Crippen molar-refractivity contribution in [2.24, 2.45) is 10.7 Å². The Morgan fingerprint density at radius 2 is 2.10 bits per heavy atom. The minimum Gasteiger partial charge on any atom is -0.465 e. The topological polar surface area (TPSA) is 88.7 Å². The molecular weight excluding hydrogens is 376 g/mol. The molecule has 0 bridgehead atoms.